The zero-order chi connectivity index (χ0) is 15.4. The fraction of sp³-hybridized carbons (Fsp3) is 0.800. The van der Waals surface area contributed by atoms with E-state index in [0.717, 1.165) is 45.4 Å². The maximum absolute atomic E-state index is 12.1. The van der Waals surface area contributed by atoms with Gasteiger partial charge < -0.3 is 14.6 Å². The van der Waals surface area contributed by atoms with E-state index in [-0.39, 0.29) is 11.9 Å². The quantitative estimate of drug-likeness (QED) is 0.842. The lowest BCUT2D eigenvalue weighted by Crippen LogP contribution is -2.39. The van der Waals surface area contributed by atoms with Gasteiger partial charge in [-0.2, -0.15) is 4.98 Å². The van der Waals surface area contributed by atoms with E-state index < -0.39 is 0 Å². The molecule has 3 heterocycles. The van der Waals surface area contributed by atoms with Crippen LogP contribution in [0.3, 0.4) is 0 Å². The molecule has 2 atom stereocenters. The molecule has 0 aliphatic carbocycles. The minimum Gasteiger partial charge on any atom is -0.381 e. The molecular formula is C15H24N4O3. The maximum Gasteiger partial charge on any atom is 0.234 e. The van der Waals surface area contributed by atoms with Gasteiger partial charge in [-0.15, -0.1) is 0 Å². The van der Waals surface area contributed by atoms with Crippen molar-refractivity contribution in [3.8, 4) is 0 Å². The molecule has 2 aliphatic heterocycles. The summed E-state index contributed by atoms with van der Waals surface area (Å²) < 4.78 is 10.5. The standard InChI is InChI=1S/C15H24N4O3/c1-2-14-17-15(18-22-14)12-4-3-6-19(12)9-13(20)16-8-11-5-7-21-10-11/h11-12H,2-10H2,1H3,(H,16,20)/t11-,12-/m1/s1. The van der Waals surface area contributed by atoms with E-state index in [1.54, 1.807) is 0 Å². The Labute approximate surface area is 130 Å². The van der Waals surface area contributed by atoms with Crippen molar-refractivity contribution in [2.24, 2.45) is 5.92 Å². The van der Waals surface area contributed by atoms with Crippen LogP contribution in [-0.2, 0) is 16.0 Å². The van der Waals surface area contributed by atoms with E-state index in [1.165, 1.54) is 0 Å². The van der Waals surface area contributed by atoms with Crippen molar-refractivity contribution in [1.82, 2.24) is 20.4 Å². The lowest BCUT2D eigenvalue weighted by molar-refractivity contribution is -0.122. The second kappa shape index (κ2) is 7.19. The van der Waals surface area contributed by atoms with E-state index >= 15 is 0 Å². The molecule has 0 radical (unpaired) electrons. The van der Waals surface area contributed by atoms with Crippen LogP contribution in [0, 0.1) is 5.92 Å². The number of hydrogen-bond acceptors (Lipinski definition) is 6. The van der Waals surface area contributed by atoms with Gasteiger partial charge in [0.05, 0.1) is 19.2 Å². The Bertz CT molecular complexity index is 499. The highest BCUT2D eigenvalue weighted by Crippen LogP contribution is 2.29. The van der Waals surface area contributed by atoms with Crippen LogP contribution in [0.1, 0.15) is 43.9 Å². The van der Waals surface area contributed by atoms with Crippen LogP contribution in [0.5, 0.6) is 0 Å². The highest BCUT2D eigenvalue weighted by Gasteiger charge is 2.31. The van der Waals surface area contributed by atoms with Gasteiger partial charge in [-0.3, -0.25) is 9.69 Å². The second-order valence-electron chi connectivity index (χ2n) is 6.06. The third-order valence-electron chi connectivity index (χ3n) is 4.41. The van der Waals surface area contributed by atoms with E-state index in [0.29, 0.717) is 30.7 Å². The summed E-state index contributed by atoms with van der Waals surface area (Å²) in [5, 5.41) is 7.07. The average molecular weight is 308 g/mol. The molecular weight excluding hydrogens is 284 g/mol. The predicted molar refractivity (Wildman–Crippen MR) is 79.2 cm³/mol. The number of aryl methyl sites for hydroxylation is 1. The molecule has 1 N–H and O–H groups in total. The molecule has 0 bridgehead atoms. The number of rotatable bonds is 6. The third kappa shape index (κ3) is 3.64. The van der Waals surface area contributed by atoms with Gasteiger partial charge in [0.2, 0.25) is 11.8 Å². The lowest BCUT2D eigenvalue weighted by Gasteiger charge is -2.21. The molecule has 2 saturated heterocycles. The first-order valence-electron chi connectivity index (χ1n) is 8.17. The molecule has 0 aromatic carbocycles. The lowest BCUT2D eigenvalue weighted by atomic mass is 10.1. The first-order valence-corrected chi connectivity index (χ1v) is 8.17. The highest BCUT2D eigenvalue weighted by molar-refractivity contribution is 5.78. The van der Waals surface area contributed by atoms with Gasteiger partial charge in [0.1, 0.15) is 0 Å². The van der Waals surface area contributed by atoms with Gasteiger partial charge >= 0.3 is 0 Å². The number of nitrogens with one attached hydrogen (secondary N) is 1. The van der Waals surface area contributed by atoms with Crippen LogP contribution < -0.4 is 5.32 Å². The minimum atomic E-state index is 0.0676. The highest BCUT2D eigenvalue weighted by atomic mass is 16.5. The van der Waals surface area contributed by atoms with Gasteiger partial charge in [-0.25, -0.2) is 0 Å². The number of likely N-dealkylation sites (tertiary alicyclic amines) is 1. The van der Waals surface area contributed by atoms with Crippen molar-refractivity contribution < 1.29 is 14.1 Å². The normalized spacial score (nSPS) is 25.7. The summed E-state index contributed by atoms with van der Waals surface area (Å²) in [7, 11) is 0. The Morgan fingerprint density at radius 2 is 2.36 bits per heavy atom. The number of hydrogen-bond donors (Lipinski definition) is 1. The van der Waals surface area contributed by atoms with Gasteiger partial charge in [0.25, 0.3) is 0 Å². The topological polar surface area (TPSA) is 80.5 Å². The molecule has 122 valence electrons. The van der Waals surface area contributed by atoms with Gasteiger partial charge in [-0.1, -0.05) is 12.1 Å². The number of carbonyl (C=O) groups is 1. The Morgan fingerprint density at radius 3 is 3.09 bits per heavy atom. The predicted octanol–water partition coefficient (Wildman–Crippen LogP) is 0.922. The zero-order valence-electron chi connectivity index (χ0n) is 13.1. The fourth-order valence-corrected chi connectivity index (χ4v) is 3.10. The molecule has 0 saturated carbocycles. The molecule has 1 aromatic rings. The van der Waals surface area contributed by atoms with Crippen molar-refractivity contribution in [1.29, 1.82) is 0 Å². The summed E-state index contributed by atoms with van der Waals surface area (Å²) in [4.78, 5) is 18.7. The summed E-state index contributed by atoms with van der Waals surface area (Å²) in [5.74, 6) is 1.90. The molecule has 7 nitrogen and oxygen atoms in total. The number of nitrogens with zero attached hydrogens (tertiary/aromatic N) is 3. The SMILES string of the molecule is CCc1nc([C@H]2CCCN2CC(=O)NC[C@H]2CCOC2)no1. The Morgan fingerprint density at radius 1 is 1.45 bits per heavy atom. The van der Waals surface area contributed by atoms with Gasteiger partial charge in [-0.05, 0) is 25.8 Å². The minimum absolute atomic E-state index is 0.0676. The monoisotopic (exact) mass is 308 g/mol. The van der Waals surface area contributed by atoms with Gasteiger partial charge in [0, 0.05) is 25.5 Å². The second-order valence-corrected chi connectivity index (χ2v) is 6.06. The molecule has 7 heteroatoms. The summed E-state index contributed by atoms with van der Waals surface area (Å²) >= 11 is 0. The van der Waals surface area contributed by atoms with Crippen LogP contribution in [0.15, 0.2) is 4.52 Å². The molecule has 0 unspecified atom stereocenters. The number of ether oxygens (including phenoxy) is 1. The fourth-order valence-electron chi connectivity index (χ4n) is 3.10. The number of amides is 1. The first kappa shape index (κ1) is 15.4. The van der Waals surface area contributed by atoms with Crippen molar-refractivity contribution in [3.05, 3.63) is 11.7 Å². The van der Waals surface area contributed by atoms with Crippen LogP contribution >= 0.6 is 0 Å². The smallest absolute Gasteiger partial charge is 0.234 e. The van der Waals surface area contributed by atoms with Crippen LogP contribution in [0.2, 0.25) is 0 Å². The molecule has 22 heavy (non-hydrogen) atoms. The molecule has 2 fully saturated rings. The van der Waals surface area contributed by atoms with E-state index in [9.17, 15) is 4.79 Å². The molecule has 2 aliphatic rings. The average Bonchev–Trinajstić information content (AvgIpc) is 3.26. The molecule has 0 spiro atoms. The van der Waals surface area contributed by atoms with Gasteiger partial charge in [0.15, 0.2) is 5.82 Å². The number of aromatic nitrogens is 2. The van der Waals surface area contributed by atoms with Crippen LogP contribution in [-0.4, -0.2) is 53.8 Å². The third-order valence-corrected chi connectivity index (χ3v) is 4.41. The zero-order valence-corrected chi connectivity index (χ0v) is 13.1. The first-order chi connectivity index (χ1) is 10.8. The Hall–Kier alpha value is -1.47. The maximum atomic E-state index is 12.1. The van der Waals surface area contributed by atoms with Crippen molar-refractivity contribution in [3.63, 3.8) is 0 Å². The summed E-state index contributed by atoms with van der Waals surface area (Å²) in [6.07, 6.45) is 3.82. The molecule has 1 amide bonds. The molecule has 1 aromatic heterocycles. The van der Waals surface area contributed by atoms with E-state index in [2.05, 4.69) is 20.4 Å². The summed E-state index contributed by atoms with van der Waals surface area (Å²) in [6, 6.07) is 0.101. The Kier molecular flexibility index (Phi) is 5.04. The van der Waals surface area contributed by atoms with Crippen molar-refractivity contribution >= 4 is 5.91 Å². The van der Waals surface area contributed by atoms with Crippen molar-refractivity contribution in [2.75, 3.05) is 32.8 Å². The summed E-state index contributed by atoms with van der Waals surface area (Å²) in [5.41, 5.74) is 0. The number of carbonyl (C=O) groups excluding carboxylic acids is 1. The summed E-state index contributed by atoms with van der Waals surface area (Å²) in [6.45, 7) is 5.57. The Balaban J connectivity index is 1.50. The molecule has 3 rings (SSSR count). The van der Waals surface area contributed by atoms with Crippen LogP contribution in [0.25, 0.3) is 0 Å². The largest absolute Gasteiger partial charge is 0.381 e. The van der Waals surface area contributed by atoms with Crippen LogP contribution in [0.4, 0.5) is 0 Å². The van der Waals surface area contributed by atoms with E-state index in [1.807, 2.05) is 6.92 Å². The van der Waals surface area contributed by atoms with Crippen molar-refractivity contribution in [2.45, 2.75) is 38.6 Å². The van der Waals surface area contributed by atoms with E-state index in [4.69, 9.17) is 9.26 Å².